The van der Waals surface area contributed by atoms with Crippen LogP contribution in [0.1, 0.15) is 71.6 Å². The first-order valence-electron chi connectivity index (χ1n) is 22.7. The summed E-state index contributed by atoms with van der Waals surface area (Å²) in [5.41, 5.74) is 22.5. The molecule has 9 aromatic carbocycles. The number of nitrogens with zero attached hydrogens (tertiary/aromatic N) is 1. The van der Waals surface area contributed by atoms with E-state index in [9.17, 15) is 0 Å². The average Bonchev–Trinajstić information content (AvgIpc) is 3.65. The number of anilines is 3. The molecular weight excluding hydrogens is 759 g/mol. The van der Waals surface area contributed by atoms with E-state index in [2.05, 4.69) is 237 Å². The van der Waals surface area contributed by atoms with Crippen LogP contribution in [-0.4, -0.2) is 0 Å². The van der Waals surface area contributed by atoms with Crippen molar-refractivity contribution in [2.45, 2.75) is 50.9 Å². The summed E-state index contributed by atoms with van der Waals surface area (Å²) in [6.07, 6.45) is 4.78. The predicted octanol–water partition coefficient (Wildman–Crippen LogP) is 16.5. The number of rotatable bonds is 9. The van der Waals surface area contributed by atoms with Crippen molar-refractivity contribution >= 4 is 17.1 Å². The van der Waals surface area contributed by atoms with Crippen molar-refractivity contribution in [1.29, 1.82) is 0 Å². The number of hydrogen-bond donors (Lipinski definition) is 0. The second-order valence-corrected chi connectivity index (χ2v) is 17.7. The minimum absolute atomic E-state index is 0.345. The Hall–Kier alpha value is -7.22. The Morgan fingerprint density at radius 3 is 1.37 bits per heavy atom. The zero-order valence-electron chi connectivity index (χ0n) is 36.1. The summed E-state index contributed by atoms with van der Waals surface area (Å²) in [6, 6.07) is 81.7. The monoisotopic (exact) mass is 809 g/mol. The normalized spacial score (nSPS) is 13.6. The molecule has 1 nitrogen and oxygen atoms in total. The lowest BCUT2D eigenvalue weighted by Gasteiger charge is -2.36. The third-order valence-electron chi connectivity index (χ3n) is 13.7. The molecule has 2 aliphatic rings. The van der Waals surface area contributed by atoms with Crippen molar-refractivity contribution < 1.29 is 0 Å². The van der Waals surface area contributed by atoms with Crippen molar-refractivity contribution in [1.82, 2.24) is 0 Å². The maximum Gasteiger partial charge on any atom is 0.0714 e. The van der Waals surface area contributed by atoms with E-state index in [-0.39, 0.29) is 0 Å². The highest BCUT2D eigenvalue weighted by Gasteiger charge is 2.47. The van der Waals surface area contributed by atoms with Gasteiger partial charge in [-0.2, -0.15) is 0 Å². The Labute approximate surface area is 373 Å². The van der Waals surface area contributed by atoms with Crippen molar-refractivity contribution in [2.75, 3.05) is 4.90 Å². The molecule has 0 N–H and O–H groups in total. The SMILES string of the molecule is CC(C)c1cc2c(cc1-c1cc3c(cc1N(c1ccc(-c4ccccc4)cc1)c1ccc(-c4ccccc4)cc1)C(c1ccccc1)(c1ccccc1)c1ccccc1-3)CCCC2. The fourth-order valence-electron chi connectivity index (χ4n) is 10.7. The minimum Gasteiger partial charge on any atom is -0.310 e. The lowest BCUT2D eigenvalue weighted by atomic mass is 9.67. The minimum atomic E-state index is -0.543. The van der Waals surface area contributed by atoms with E-state index in [0.29, 0.717) is 5.92 Å². The van der Waals surface area contributed by atoms with E-state index < -0.39 is 5.41 Å². The zero-order valence-corrected chi connectivity index (χ0v) is 36.1. The van der Waals surface area contributed by atoms with Crippen LogP contribution >= 0.6 is 0 Å². The molecule has 0 amide bonds. The van der Waals surface area contributed by atoms with Crippen molar-refractivity contribution in [3.05, 3.63) is 257 Å². The van der Waals surface area contributed by atoms with Gasteiger partial charge in [0.2, 0.25) is 0 Å². The third kappa shape index (κ3) is 6.71. The van der Waals surface area contributed by atoms with Crippen LogP contribution in [0, 0.1) is 0 Å². The van der Waals surface area contributed by atoms with Gasteiger partial charge in [0.15, 0.2) is 0 Å². The molecular formula is C62H51N. The molecule has 304 valence electrons. The van der Waals surface area contributed by atoms with Gasteiger partial charge in [0.25, 0.3) is 0 Å². The lowest BCUT2D eigenvalue weighted by Crippen LogP contribution is -2.28. The van der Waals surface area contributed by atoms with Gasteiger partial charge in [-0.05, 0) is 146 Å². The van der Waals surface area contributed by atoms with Gasteiger partial charge in [0, 0.05) is 16.9 Å². The Morgan fingerprint density at radius 1 is 0.381 bits per heavy atom. The number of aryl methyl sites for hydroxylation is 2. The third-order valence-corrected chi connectivity index (χ3v) is 13.7. The Kier molecular flexibility index (Phi) is 9.97. The van der Waals surface area contributed by atoms with Gasteiger partial charge in [-0.1, -0.05) is 196 Å². The van der Waals surface area contributed by atoms with E-state index in [0.717, 1.165) is 24.2 Å². The van der Waals surface area contributed by atoms with Crippen LogP contribution in [0.15, 0.2) is 218 Å². The summed E-state index contributed by atoms with van der Waals surface area (Å²) < 4.78 is 0. The Bertz CT molecular complexity index is 2920. The van der Waals surface area contributed by atoms with Gasteiger partial charge < -0.3 is 4.90 Å². The van der Waals surface area contributed by atoms with Crippen LogP contribution in [0.2, 0.25) is 0 Å². The van der Waals surface area contributed by atoms with Crippen LogP contribution in [0.5, 0.6) is 0 Å². The molecule has 2 aliphatic carbocycles. The van der Waals surface area contributed by atoms with Gasteiger partial charge in [0.05, 0.1) is 11.1 Å². The fraction of sp³-hybridized carbons (Fsp3) is 0.129. The summed E-state index contributed by atoms with van der Waals surface area (Å²) in [5, 5.41) is 0. The molecule has 0 saturated carbocycles. The van der Waals surface area contributed by atoms with Gasteiger partial charge in [-0.15, -0.1) is 0 Å². The molecule has 0 heterocycles. The maximum absolute atomic E-state index is 2.58. The van der Waals surface area contributed by atoms with Crippen molar-refractivity contribution in [3.63, 3.8) is 0 Å². The highest BCUT2D eigenvalue weighted by molar-refractivity contribution is 5.97. The fourth-order valence-corrected chi connectivity index (χ4v) is 10.7. The molecule has 0 radical (unpaired) electrons. The lowest BCUT2D eigenvalue weighted by molar-refractivity contribution is 0.683. The van der Waals surface area contributed by atoms with Crippen LogP contribution in [0.25, 0.3) is 44.5 Å². The first-order valence-corrected chi connectivity index (χ1v) is 22.7. The van der Waals surface area contributed by atoms with Gasteiger partial charge in [-0.25, -0.2) is 0 Å². The van der Waals surface area contributed by atoms with Crippen LogP contribution in [0.4, 0.5) is 17.1 Å². The van der Waals surface area contributed by atoms with E-state index in [1.54, 1.807) is 0 Å². The van der Waals surface area contributed by atoms with E-state index in [1.807, 2.05) is 0 Å². The molecule has 0 fully saturated rings. The first-order chi connectivity index (χ1) is 31.1. The van der Waals surface area contributed by atoms with Crippen molar-refractivity contribution in [2.24, 2.45) is 0 Å². The molecule has 9 aromatic rings. The Morgan fingerprint density at radius 2 is 0.841 bits per heavy atom. The zero-order chi connectivity index (χ0) is 42.3. The molecule has 1 heteroatoms. The molecule has 0 aliphatic heterocycles. The highest BCUT2D eigenvalue weighted by Crippen LogP contribution is 2.59. The van der Waals surface area contributed by atoms with Crippen LogP contribution in [-0.2, 0) is 18.3 Å². The molecule has 0 unspecified atom stereocenters. The maximum atomic E-state index is 2.58. The van der Waals surface area contributed by atoms with E-state index in [4.69, 9.17) is 0 Å². The number of benzene rings is 9. The highest BCUT2D eigenvalue weighted by atomic mass is 15.1. The average molecular weight is 810 g/mol. The van der Waals surface area contributed by atoms with Crippen molar-refractivity contribution in [3.8, 4) is 44.5 Å². The second kappa shape index (κ2) is 16.2. The second-order valence-electron chi connectivity index (χ2n) is 17.7. The summed E-state index contributed by atoms with van der Waals surface area (Å²) in [6.45, 7) is 4.74. The molecule has 0 atom stereocenters. The quantitative estimate of drug-likeness (QED) is 0.140. The number of hydrogen-bond acceptors (Lipinski definition) is 1. The van der Waals surface area contributed by atoms with Gasteiger partial charge in [-0.3, -0.25) is 0 Å². The number of fused-ring (bicyclic) bond motifs is 4. The summed E-state index contributed by atoms with van der Waals surface area (Å²) >= 11 is 0. The molecule has 11 rings (SSSR count). The molecule has 0 aromatic heterocycles. The largest absolute Gasteiger partial charge is 0.310 e. The first kappa shape index (κ1) is 38.7. The molecule has 0 bridgehead atoms. The topological polar surface area (TPSA) is 3.24 Å². The van der Waals surface area contributed by atoms with Crippen LogP contribution in [0.3, 0.4) is 0 Å². The summed E-state index contributed by atoms with van der Waals surface area (Å²) in [4.78, 5) is 2.53. The summed E-state index contributed by atoms with van der Waals surface area (Å²) in [7, 11) is 0. The molecule has 0 saturated heterocycles. The van der Waals surface area contributed by atoms with Crippen LogP contribution < -0.4 is 4.90 Å². The van der Waals surface area contributed by atoms with Gasteiger partial charge in [0.1, 0.15) is 0 Å². The molecule has 0 spiro atoms. The molecule has 63 heavy (non-hydrogen) atoms. The predicted molar refractivity (Wildman–Crippen MR) is 265 cm³/mol. The van der Waals surface area contributed by atoms with E-state index >= 15 is 0 Å². The van der Waals surface area contributed by atoms with Gasteiger partial charge >= 0.3 is 0 Å². The Balaban J connectivity index is 1.24. The van der Waals surface area contributed by atoms with E-state index in [1.165, 1.54) is 102 Å². The standard InChI is InChI=1S/C62H51N/c1-43(2)55-39-48-23-15-16-24-49(48)40-56(55)58-41-57-54-29-17-18-30-59(54)62(50-25-11-5-12-26-50,51-27-13-6-14-28-51)60(57)42-61(58)63(52-35-31-46(32-36-52)44-19-7-3-8-20-44)53-37-33-47(34-38-53)45-21-9-4-10-22-45/h3-14,17-22,25-43H,15-16,23-24H2,1-2H3. The smallest absolute Gasteiger partial charge is 0.0714 e. The summed E-state index contributed by atoms with van der Waals surface area (Å²) in [5.74, 6) is 0.345.